The first-order chi connectivity index (χ1) is 11.4. The van der Waals surface area contributed by atoms with Gasteiger partial charge in [-0.05, 0) is 30.2 Å². The smallest absolute Gasteiger partial charge is 0.352 e. The molecule has 1 aromatic carbocycles. The number of aromatic nitrogens is 3. The van der Waals surface area contributed by atoms with Gasteiger partial charge in [0.15, 0.2) is 5.65 Å². The minimum absolute atomic E-state index is 0.300. The first-order valence-corrected chi connectivity index (χ1v) is 7.18. The van der Waals surface area contributed by atoms with E-state index in [0.29, 0.717) is 29.7 Å². The van der Waals surface area contributed by atoms with Crippen molar-refractivity contribution in [3.05, 3.63) is 65.6 Å². The largest absolute Gasteiger partial charge is 0.416 e. The molecule has 0 fully saturated rings. The Morgan fingerprint density at radius 3 is 2.67 bits per heavy atom. The fourth-order valence-corrected chi connectivity index (χ4v) is 2.26. The van der Waals surface area contributed by atoms with Gasteiger partial charge in [-0.1, -0.05) is 12.1 Å². The van der Waals surface area contributed by atoms with Crippen LogP contribution in [-0.2, 0) is 12.6 Å². The van der Waals surface area contributed by atoms with Crippen LogP contribution >= 0.6 is 0 Å². The monoisotopic (exact) mass is 334 g/mol. The molecule has 2 heterocycles. The molecule has 0 bridgehead atoms. The van der Waals surface area contributed by atoms with E-state index in [4.69, 9.17) is 0 Å². The summed E-state index contributed by atoms with van der Waals surface area (Å²) >= 11 is 0. The highest BCUT2D eigenvalue weighted by atomic mass is 19.4. The van der Waals surface area contributed by atoms with E-state index in [-0.39, 0.29) is 5.91 Å². The van der Waals surface area contributed by atoms with Gasteiger partial charge in [0.05, 0.1) is 11.8 Å². The van der Waals surface area contributed by atoms with Gasteiger partial charge in [0.25, 0.3) is 5.91 Å². The fraction of sp³-hybridized carbons (Fsp3) is 0.188. The molecule has 0 atom stereocenters. The van der Waals surface area contributed by atoms with Gasteiger partial charge in [-0.25, -0.2) is 9.50 Å². The Hall–Kier alpha value is -2.90. The maximum atomic E-state index is 12.5. The summed E-state index contributed by atoms with van der Waals surface area (Å²) in [7, 11) is 0. The van der Waals surface area contributed by atoms with Gasteiger partial charge >= 0.3 is 6.18 Å². The number of amides is 1. The number of alkyl halides is 3. The topological polar surface area (TPSA) is 59.3 Å². The third kappa shape index (κ3) is 3.37. The number of benzene rings is 1. The minimum Gasteiger partial charge on any atom is -0.352 e. The first kappa shape index (κ1) is 16.0. The molecule has 24 heavy (non-hydrogen) atoms. The third-order valence-corrected chi connectivity index (χ3v) is 3.50. The Labute approximate surface area is 135 Å². The Balaban J connectivity index is 1.59. The highest BCUT2D eigenvalue weighted by molar-refractivity contribution is 5.99. The van der Waals surface area contributed by atoms with E-state index in [9.17, 15) is 18.0 Å². The number of hydrogen-bond acceptors (Lipinski definition) is 3. The van der Waals surface area contributed by atoms with Crippen LogP contribution in [0.3, 0.4) is 0 Å². The molecular weight excluding hydrogens is 321 g/mol. The SMILES string of the molecule is O=C(NCCc1ccc(C(F)(F)F)cc1)c1cnn2cccnc12. The second kappa shape index (κ2) is 6.31. The van der Waals surface area contributed by atoms with Crippen LogP contribution in [0.15, 0.2) is 48.9 Å². The lowest BCUT2D eigenvalue weighted by molar-refractivity contribution is -0.137. The van der Waals surface area contributed by atoms with Gasteiger partial charge < -0.3 is 5.32 Å². The van der Waals surface area contributed by atoms with Crippen LogP contribution in [0.4, 0.5) is 13.2 Å². The van der Waals surface area contributed by atoms with Crippen LogP contribution in [0.1, 0.15) is 21.5 Å². The van der Waals surface area contributed by atoms with E-state index in [1.54, 1.807) is 18.5 Å². The molecule has 3 aromatic rings. The van der Waals surface area contributed by atoms with Crippen molar-refractivity contribution in [3.63, 3.8) is 0 Å². The molecule has 0 radical (unpaired) electrons. The number of halogens is 3. The molecule has 0 aliphatic carbocycles. The van der Waals surface area contributed by atoms with Crippen molar-refractivity contribution in [3.8, 4) is 0 Å². The molecule has 0 saturated carbocycles. The van der Waals surface area contributed by atoms with Gasteiger partial charge in [-0.2, -0.15) is 18.3 Å². The molecule has 0 unspecified atom stereocenters. The predicted molar refractivity (Wildman–Crippen MR) is 80.5 cm³/mol. The number of carbonyl (C=O) groups excluding carboxylic acids is 1. The number of hydrogen-bond donors (Lipinski definition) is 1. The summed E-state index contributed by atoms with van der Waals surface area (Å²) in [6.45, 7) is 0.300. The molecule has 1 amide bonds. The molecule has 124 valence electrons. The van der Waals surface area contributed by atoms with Gasteiger partial charge in [-0.15, -0.1) is 0 Å². The van der Waals surface area contributed by atoms with E-state index in [2.05, 4.69) is 15.4 Å². The second-order valence-corrected chi connectivity index (χ2v) is 5.15. The number of carbonyl (C=O) groups is 1. The standard InChI is InChI=1S/C16H13F3N4O/c17-16(18,19)12-4-2-11(3-5-12)6-8-21-15(24)13-10-22-23-9-1-7-20-14(13)23/h1-5,7,9-10H,6,8H2,(H,21,24). The third-order valence-electron chi connectivity index (χ3n) is 3.50. The summed E-state index contributed by atoms with van der Waals surface area (Å²) in [4.78, 5) is 16.2. The van der Waals surface area contributed by atoms with Crippen molar-refractivity contribution < 1.29 is 18.0 Å². The molecule has 0 aliphatic rings. The lowest BCUT2D eigenvalue weighted by Crippen LogP contribution is -2.25. The Morgan fingerprint density at radius 2 is 1.96 bits per heavy atom. The van der Waals surface area contributed by atoms with Crippen molar-refractivity contribution in [1.82, 2.24) is 19.9 Å². The second-order valence-electron chi connectivity index (χ2n) is 5.15. The average molecular weight is 334 g/mol. The molecule has 1 N–H and O–H groups in total. The van der Waals surface area contributed by atoms with E-state index >= 15 is 0 Å². The molecular formula is C16H13F3N4O. The molecule has 8 heteroatoms. The Morgan fingerprint density at radius 1 is 1.21 bits per heavy atom. The number of nitrogens with zero attached hydrogens (tertiary/aromatic N) is 3. The van der Waals surface area contributed by atoms with Gasteiger partial charge in [-0.3, -0.25) is 4.79 Å². The summed E-state index contributed by atoms with van der Waals surface area (Å²) in [5.41, 5.74) is 0.821. The zero-order valence-corrected chi connectivity index (χ0v) is 12.4. The quantitative estimate of drug-likeness (QED) is 0.798. The highest BCUT2D eigenvalue weighted by Crippen LogP contribution is 2.29. The molecule has 2 aromatic heterocycles. The van der Waals surface area contributed by atoms with Crippen LogP contribution in [0.2, 0.25) is 0 Å². The van der Waals surface area contributed by atoms with Crippen molar-refractivity contribution in [2.45, 2.75) is 12.6 Å². The number of fused-ring (bicyclic) bond motifs is 1. The molecule has 3 rings (SSSR count). The highest BCUT2D eigenvalue weighted by Gasteiger charge is 2.29. The van der Waals surface area contributed by atoms with Crippen molar-refractivity contribution >= 4 is 11.6 Å². The lowest BCUT2D eigenvalue weighted by atomic mass is 10.1. The van der Waals surface area contributed by atoms with E-state index in [0.717, 1.165) is 12.1 Å². The average Bonchev–Trinajstić information content (AvgIpc) is 2.98. The maximum absolute atomic E-state index is 12.5. The van der Waals surface area contributed by atoms with Crippen molar-refractivity contribution in [1.29, 1.82) is 0 Å². The van der Waals surface area contributed by atoms with Crippen LogP contribution < -0.4 is 5.32 Å². The van der Waals surface area contributed by atoms with E-state index < -0.39 is 11.7 Å². The van der Waals surface area contributed by atoms with Gasteiger partial charge in [0.1, 0.15) is 5.56 Å². The Bertz CT molecular complexity index is 856. The summed E-state index contributed by atoms with van der Waals surface area (Å²) in [5.74, 6) is -0.324. The zero-order valence-electron chi connectivity index (χ0n) is 12.4. The van der Waals surface area contributed by atoms with Crippen LogP contribution in [0.25, 0.3) is 5.65 Å². The van der Waals surface area contributed by atoms with Crippen LogP contribution in [0.5, 0.6) is 0 Å². The normalized spacial score (nSPS) is 11.6. The zero-order chi connectivity index (χ0) is 17.2. The van der Waals surface area contributed by atoms with Crippen LogP contribution in [-0.4, -0.2) is 27.0 Å². The van der Waals surface area contributed by atoms with E-state index in [1.165, 1.54) is 22.8 Å². The molecule has 5 nitrogen and oxygen atoms in total. The molecule has 0 saturated heterocycles. The molecule has 0 spiro atoms. The lowest BCUT2D eigenvalue weighted by Gasteiger charge is -2.08. The van der Waals surface area contributed by atoms with Gasteiger partial charge in [0.2, 0.25) is 0 Å². The van der Waals surface area contributed by atoms with E-state index in [1.807, 2.05) is 0 Å². The summed E-state index contributed by atoms with van der Waals surface area (Å²) < 4.78 is 39.0. The first-order valence-electron chi connectivity index (χ1n) is 7.18. The van der Waals surface area contributed by atoms with Crippen molar-refractivity contribution in [2.75, 3.05) is 6.54 Å². The predicted octanol–water partition coefficient (Wildman–Crippen LogP) is 2.72. The van der Waals surface area contributed by atoms with Crippen molar-refractivity contribution in [2.24, 2.45) is 0 Å². The van der Waals surface area contributed by atoms with Gasteiger partial charge in [0, 0.05) is 18.9 Å². The van der Waals surface area contributed by atoms with Crippen LogP contribution in [0, 0.1) is 0 Å². The summed E-state index contributed by atoms with van der Waals surface area (Å²) in [5, 5.41) is 6.74. The maximum Gasteiger partial charge on any atom is 0.416 e. The minimum atomic E-state index is -4.34. The Kier molecular flexibility index (Phi) is 4.20. The molecule has 0 aliphatic heterocycles. The summed E-state index contributed by atoms with van der Waals surface area (Å²) in [6.07, 6.45) is 0.757. The number of rotatable bonds is 4. The number of nitrogens with one attached hydrogen (secondary N) is 1. The summed E-state index contributed by atoms with van der Waals surface area (Å²) in [6, 6.07) is 6.59. The fourth-order valence-electron chi connectivity index (χ4n) is 2.26.